The van der Waals surface area contributed by atoms with Gasteiger partial charge in [0, 0.05) is 7.11 Å². The summed E-state index contributed by atoms with van der Waals surface area (Å²) in [5, 5.41) is 9.59. The van der Waals surface area contributed by atoms with E-state index in [0.717, 1.165) is 24.5 Å². The topological polar surface area (TPSA) is 60.5 Å². The standard InChI is InChI=1S/C20H24O5/c1-22-11-17(21)12-23-18-6-2-15(3-7-18)10-16-4-8-19(9-5-16)24-13-20-14-25-20/h2-9,17,20-21H,10-14H2,1H3. The fraction of sp³-hybridized carbons (Fsp3) is 0.400. The first-order chi connectivity index (χ1) is 12.2. The summed E-state index contributed by atoms with van der Waals surface area (Å²) in [6.45, 7) is 1.93. The Bertz CT molecular complexity index is 634. The highest BCUT2D eigenvalue weighted by Crippen LogP contribution is 2.19. The molecule has 3 rings (SSSR count). The smallest absolute Gasteiger partial charge is 0.119 e. The molecule has 1 N–H and O–H groups in total. The van der Waals surface area contributed by atoms with Crippen LogP contribution in [-0.4, -0.2) is 50.9 Å². The van der Waals surface area contributed by atoms with Gasteiger partial charge in [-0.3, -0.25) is 0 Å². The molecule has 2 aromatic rings. The van der Waals surface area contributed by atoms with E-state index in [4.69, 9.17) is 18.9 Å². The van der Waals surface area contributed by atoms with E-state index in [-0.39, 0.29) is 19.3 Å². The van der Waals surface area contributed by atoms with Crippen LogP contribution in [0, 0.1) is 0 Å². The molecule has 1 saturated heterocycles. The summed E-state index contributed by atoms with van der Waals surface area (Å²) in [5.41, 5.74) is 2.42. The van der Waals surface area contributed by atoms with E-state index in [1.54, 1.807) is 7.11 Å². The van der Waals surface area contributed by atoms with Gasteiger partial charge in [0.05, 0.1) is 13.2 Å². The van der Waals surface area contributed by atoms with Crippen LogP contribution in [0.15, 0.2) is 48.5 Å². The Morgan fingerprint density at radius 2 is 1.52 bits per heavy atom. The second-order valence-corrected chi connectivity index (χ2v) is 6.15. The predicted molar refractivity (Wildman–Crippen MR) is 94.3 cm³/mol. The molecule has 2 aromatic carbocycles. The highest BCUT2D eigenvalue weighted by Gasteiger charge is 2.22. The molecule has 5 nitrogen and oxygen atoms in total. The Hall–Kier alpha value is -2.08. The van der Waals surface area contributed by atoms with Crippen LogP contribution in [0.25, 0.3) is 0 Å². The van der Waals surface area contributed by atoms with Crippen molar-refractivity contribution < 1.29 is 24.1 Å². The van der Waals surface area contributed by atoms with Crippen molar-refractivity contribution in [2.45, 2.75) is 18.6 Å². The second kappa shape index (κ2) is 8.85. The van der Waals surface area contributed by atoms with Crippen LogP contribution >= 0.6 is 0 Å². The number of ether oxygens (including phenoxy) is 4. The van der Waals surface area contributed by atoms with Crippen LogP contribution in [0.5, 0.6) is 11.5 Å². The van der Waals surface area contributed by atoms with Gasteiger partial charge in [-0.15, -0.1) is 0 Å². The van der Waals surface area contributed by atoms with Crippen LogP contribution in [-0.2, 0) is 15.9 Å². The number of hydrogen-bond donors (Lipinski definition) is 1. The summed E-state index contributed by atoms with van der Waals surface area (Å²) in [4.78, 5) is 0. The lowest BCUT2D eigenvalue weighted by Gasteiger charge is -2.12. The third-order valence-electron chi connectivity index (χ3n) is 3.89. The highest BCUT2D eigenvalue weighted by molar-refractivity contribution is 5.34. The number of aliphatic hydroxyl groups is 1. The number of benzene rings is 2. The van der Waals surface area contributed by atoms with Gasteiger partial charge in [-0.05, 0) is 41.8 Å². The highest BCUT2D eigenvalue weighted by atomic mass is 16.6. The molecule has 1 aliphatic heterocycles. The molecule has 134 valence electrons. The summed E-state index contributed by atoms with van der Waals surface area (Å²) in [6, 6.07) is 16.0. The molecular weight excluding hydrogens is 320 g/mol. The van der Waals surface area contributed by atoms with Crippen LogP contribution < -0.4 is 9.47 Å². The van der Waals surface area contributed by atoms with E-state index in [1.807, 2.05) is 36.4 Å². The monoisotopic (exact) mass is 344 g/mol. The normalized spacial score (nSPS) is 17.1. The Balaban J connectivity index is 1.47. The third-order valence-corrected chi connectivity index (χ3v) is 3.89. The molecule has 0 spiro atoms. The van der Waals surface area contributed by atoms with Gasteiger partial charge < -0.3 is 24.1 Å². The lowest BCUT2D eigenvalue weighted by atomic mass is 10.0. The number of epoxide rings is 1. The molecule has 0 bridgehead atoms. The summed E-state index contributed by atoms with van der Waals surface area (Å²) < 4.78 is 21.2. The number of methoxy groups -OCH3 is 1. The molecule has 1 aliphatic rings. The van der Waals surface area contributed by atoms with Crippen LogP contribution in [0.1, 0.15) is 11.1 Å². The predicted octanol–water partition coefficient (Wildman–Crippen LogP) is 2.44. The van der Waals surface area contributed by atoms with E-state index >= 15 is 0 Å². The van der Waals surface area contributed by atoms with Crippen LogP contribution in [0.3, 0.4) is 0 Å². The first-order valence-corrected chi connectivity index (χ1v) is 8.45. The SMILES string of the molecule is COCC(O)COc1ccc(Cc2ccc(OCC3CO3)cc2)cc1. The summed E-state index contributed by atoms with van der Waals surface area (Å²) >= 11 is 0. The second-order valence-electron chi connectivity index (χ2n) is 6.15. The first-order valence-electron chi connectivity index (χ1n) is 8.45. The van der Waals surface area contributed by atoms with E-state index in [0.29, 0.717) is 6.61 Å². The number of aliphatic hydroxyl groups excluding tert-OH is 1. The van der Waals surface area contributed by atoms with Crippen molar-refractivity contribution in [1.29, 1.82) is 0 Å². The molecule has 0 amide bonds. The van der Waals surface area contributed by atoms with Crippen molar-refractivity contribution in [3.63, 3.8) is 0 Å². The molecule has 0 aliphatic carbocycles. The molecule has 2 unspecified atom stereocenters. The van der Waals surface area contributed by atoms with Crippen molar-refractivity contribution in [3.8, 4) is 11.5 Å². The van der Waals surface area contributed by atoms with Gasteiger partial charge in [-0.1, -0.05) is 24.3 Å². The molecule has 0 aromatic heterocycles. The molecule has 0 radical (unpaired) electrons. The quantitative estimate of drug-likeness (QED) is 0.671. The fourth-order valence-corrected chi connectivity index (χ4v) is 2.43. The first kappa shape index (κ1) is 17.7. The zero-order valence-electron chi connectivity index (χ0n) is 14.4. The zero-order valence-corrected chi connectivity index (χ0v) is 14.4. The average Bonchev–Trinajstić information content (AvgIpc) is 3.45. The van der Waals surface area contributed by atoms with Crippen LogP contribution in [0.4, 0.5) is 0 Å². The zero-order chi connectivity index (χ0) is 17.5. The Morgan fingerprint density at radius 1 is 0.960 bits per heavy atom. The maximum Gasteiger partial charge on any atom is 0.119 e. The van der Waals surface area contributed by atoms with E-state index < -0.39 is 6.10 Å². The van der Waals surface area contributed by atoms with Crippen molar-refractivity contribution >= 4 is 0 Å². The molecule has 2 atom stereocenters. The maximum absolute atomic E-state index is 9.59. The van der Waals surface area contributed by atoms with Gasteiger partial charge in [0.1, 0.15) is 36.9 Å². The van der Waals surface area contributed by atoms with Crippen molar-refractivity contribution in [3.05, 3.63) is 59.7 Å². The van der Waals surface area contributed by atoms with Crippen molar-refractivity contribution in [2.75, 3.05) is 33.5 Å². The Morgan fingerprint density at radius 3 is 2.04 bits per heavy atom. The van der Waals surface area contributed by atoms with Gasteiger partial charge in [0.15, 0.2) is 0 Å². The van der Waals surface area contributed by atoms with Gasteiger partial charge in [0.25, 0.3) is 0 Å². The summed E-state index contributed by atoms with van der Waals surface area (Å²) in [5.74, 6) is 1.61. The molecule has 1 heterocycles. The minimum absolute atomic E-state index is 0.223. The van der Waals surface area contributed by atoms with Gasteiger partial charge in [-0.25, -0.2) is 0 Å². The molecule has 5 heteroatoms. The van der Waals surface area contributed by atoms with E-state index in [1.165, 1.54) is 11.1 Å². The number of hydrogen-bond acceptors (Lipinski definition) is 5. The van der Waals surface area contributed by atoms with E-state index in [9.17, 15) is 5.11 Å². The summed E-state index contributed by atoms with van der Waals surface area (Å²) in [7, 11) is 1.55. The fourth-order valence-electron chi connectivity index (χ4n) is 2.43. The van der Waals surface area contributed by atoms with Gasteiger partial charge in [0.2, 0.25) is 0 Å². The minimum Gasteiger partial charge on any atom is -0.491 e. The lowest BCUT2D eigenvalue weighted by Crippen LogP contribution is -2.22. The lowest BCUT2D eigenvalue weighted by molar-refractivity contribution is 0.0325. The minimum atomic E-state index is -0.614. The van der Waals surface area contributed by atoms with Gasteiger partial charge >= 0.3 is 0 Å². The molecule has 0 saturated carbocycles. The van der Waals surface area contributed by atoms with E-state index in [2.05, 4.69) is 12.1 Å². The van der Waals surface area contributed by atoms with Crippen molar-refractivity contribution in [1.82, 2.24) is 0 Å². The largest absolute Gasteiger partial charge is 0.491 e. The Labute approximate surface area is 148 Å². The Kier molecular flexibility index (Phi) is 6.28. The molecular formula is C20H24O5. The molecule has 25 heavy (non-hydrogen) atoms. The maximum atomic E-state index is 9.59. The molecule has 1 fully saturated rings. The average molecular weight is 344 g/mol. The third kappa shape index (κ3) is 6.05. The summed E-state index contributed by atoms with van der Waals surface area (Å²) in [6.07, 6.45) is 0.506. The number of rotatable bonds is 10. The van der Waals surface area contributed by atoms with Gasteiger partial charge in [-0.2, -0.15) is 0 Å². The van der Waals surface area contributed by atoms with Crippen LogP contribution in [0.2, 0.25) is 0 Å². The van der Waals surface area contributed by atoms with Crippen molar-refractivity contribution in [2.24, 2.45) is 0 Å².